The molecule has 1 nitrogen and oxygen atoms in total. The van der Waals surface area contributed by atoms with Gasteiger partial charge in [0.05, 0.1) is 0 Å². The summed E-state index contributed by atoms with van der Waals surface area (Å²) >= 11 is 0. The summed E-state index contributed by atoms with van der Waals surface area (Å²) in [6, 6.07) is 0. The molecule has 0 rings (SSSR count). The topological polar surface area (TPSA) is 17.1 Å². The molecule has 90 valence electrons. The molecule has 0 fully saturated rings. The lowest BCUT2D eigenvalue weighted by molar-refractivity contribution is -0.168. The average Bonchev–Trinajstić information content (AvgIpc) is 2.01. The Bertz CT molecular complexity index is 220. The molecule has 8 heteroatoms. The average molecular weight is 240 g/mol. The summed E-state index contributed by atoms with van der Waals surface area (Å²) in [7, 11) is 0. The van der Waals surface area contributed by atoms with E-state index in [1.54, 1.807) is 0 Å². The van der Waals surface area contributed by atoms with Crippen molar-refractivity contribution in [3.05, 3.63) is 0 Å². The quantitative estimate of drug-likeness (QED) is 0.674. The molecule has 0 aromatic rings. The Morgan fingerprint density at radius 1 is 1.07 bits per heavy atom. The molecular weight excluding hydrogens is 233 g/mol. The van der Waals surface area contributed by atoms with E-state index in [0.717, 1.165) is 0 Å². The van der Waals surface area contributed by atoms with E-state index in [-0.39, 0.29) is 0 Å². The van der Waals surface area contributed by atoms with E-state index >= 15 is 0 Å². The number of hydrogen-bond acceptors (Lipinski definition) is 1. The van der Waals surface area contributed by atoms with E-state index in [9.17, 15) is 35.5 Å². The number of Topliss-reactive ketones (excluding diaryl/α,β-unsaturated/α-hetero) is 1. The molecule has 0 aromatic carbocycles. The molecular formula is C7H7F7O. The van der Waals surface area contributed by atoms with Gasteiger partial charge in [-0.25, -0.2) is 8.78 Å². The Morgan fingerprint density at radius 2 is 1.53 bits per heavy atom. The number of ketones is 1. The van der Waals surface area contributed by atoms with Crippen LogP contribution in [0, 0.1) is 0 Å². The fraction of sp³-hybridized carbons (Fsp3) is 0.857. The second kappa shape index (κ2) is 4.80. The monoisotopic (exact) mass is 240 g/mol. The van der Waals surface area contributed by atoms with Gasteiger partial charge in [0.1, 0.15) is 0 Å². The number of rotatable bonds is 5. The molecule has 0 saturated heterocycles. The molecule has 0 aliphatic carbocycles. The molecule has 0 heterocycles. The third-order valence-corrected chi connectivity index (χ3v) is 1.51. The zero-order chi connectivity index (χ0) is 12.3. The fourth-order valence-corrected chi connectivity index (χ4v) is 0.738. The molecule has 0 atom stereocenters. The summed E-state index contributed by atoms with van der Waals surface area (Å²) in [4.78, 5) is 10.4. The zero-order valence-electron chi connectivity index (χ0n) is 7.25. The summed E-state index contributed by atoms with van der Waals surface area (Å²) in [6.07, 6.45) is -12.3. The maximum atomic E-state index is 12.2. The minimum absolute atomic E-state index is 0.912. The molecule has 0 unspecified atom stereocenters. The van der Waals surface area contributed by atoms with Crippen LogP contribution in [0.3, 0.4) is 0 Å². The standard InChI is InChI=1S/C7H7F7O/c8-5(9)7(13,14)4(15)2-1-3-6(10,11)12/h5H,1-3H2. The van der Waals surface area contributed by atoms with Crippen molar-refractivity contribution >= 4 is 5.78 Å². The van der Waals surface area contributed by atoms with Crippen LogP contribution in [0.2, 0.25) is 0 Å². The molecule has 0 aliphatic rings. The predicted octanol–water partition coefficient (Wildman–Crippen LogP) is 3.19. The first-order valence-corrected chi connectivity index (χ1v) is 3.83. The van der Waals surface area contributed by atoms with Gasteiger partial charge in [-0.2, -0.15) is 22.0 Å². The molecule has 15 heavy (non-hydrogen) atoms. The second-order valence-electron chi connectivity index (χ2n) is 2.82. The van der Waals surface area contributed by atoms with Crippen LogP contribution in [-0.2, 0) is 4.79 Å². The van der Waals surface area contributed by atoms with Crippen molar-refractivity contribution in [2.75, 3.05) is 0 Å². The first kappa shape index (κ1) is 14.2. The molecule has 0 radical (unpaired) electrons. The van der Waals surface area contributed by atoms with Crippen LogP contribution in [0.15, 0.2) is 0 Å². The van der Waals surface area contributed by atoms with Crippen LogP contribution in [0.5, 0.6) is 0 Å². The number of alkyl halides is 7. The third kappa shape index (κ3) is 4.98. The highest BCUT2D eigenvalue weighted by atomic mass is 19.4. The molecule has 0 N–H and O–H groups in total. The summed E-state index contributed by atoms with van der Waals surface area (Å²) in [5.74, 6) is -7.02. The molecule has 0 aliphatic heterocycles. The normalized spacial score (nSPS) is 13.3. The van der Waals surface area contributed by atoms with Gasteiger partial charge in [0.2, 0.25) is 5.78 Å². The van der Waals surface area contributed by atoms with Crippen molar-refractivity contribution in [2.45, 2.75) is 37.8 Å². The van der Waals surface area contributed by atoms with Crippen LogP contribution >= 0.6 is 0 Å². The highest BCUT2D eigenvalue weighted by Gasteiger charge is 2.47. The van der Waals surface area contributed by atoms with E-state index in [0.29, 0.717) is 0 Å². The van der Waals surface area contributed by atoms with E-state index in [4.69, 9.17) is 0 Å². The lowest BCUT2D eigenvalue weighted by Crippen LogP contribution is -2.36. The van der Waals surface area contributed by atoms with Crippen molar-refractivity contribution in [3.63, 3.8) is 0 Å². The van der Waals surface area contributed by atoms with Crippen LogP contribution < -0.4 is 0 Å². The minimum Gasteiger partial charge on any atom is -0.293 e. The summed E-state index contributed by atoms with van der Waals surface area (Å²) < 4.78 is 82.0. The molecule has 0 aromatic heterocycles. The third-order valence-electron chi connectivity index (χ3n) is 1.51. The van der Waals surface area contributed by atoms with Gasteiger partial charge < -0.3 is 0 Å². The van der Waals surface area contributed by atoms with Crippen molar-refractivity contribution in [1.82, 2.24) is 0 Å². The number of carbonyl (C=O) groups excluding carboxylic acids is 1. The Labute approximate surface area is 80.2 Å². The van der Waals surface area contributed by atoms with Crippen LogP contribution in [-0.4, -0.2) is 24.3 Å². The van der Waals surface area contributed by atoms with Crippen LogP contribution in [0.4, 0.5) is 30.7 Å². The maximum Gasteiger partial charge on any atom is 0.389 e. The molecule has 0 bridgehead atoms. The highest BCUT2D eigenvalue weighted by molar-refractivity contribution is 5.85. The lowest BCUT2D eigenvalue weighted by atomic mass is 10.1. The Kier molecular flexibility index (Phi) is 4.54. The first-order valence-electron chi connectivity index (χ1n) is 3.83. The smallest absolute Gasteiger partial charge is 0.293 e. The van der Waals surface area contributed by atoms with Gasteiger partial charge in [-0.1, -0.05) is 0 Å². The molecule has 0 saturated carbocycles. The van der Waals surface area contributed by atoms with E-state index in [1.165, 1.54) is 0 Å². The molecule has 0 spiro atoms. The van der Waals surface area contributed by atoms with E-state index in [1.807, 2.05) is 0 Å². The van der Waals surface area contributed by atoms with Crippen molar-refractivity contribution in [2.24, 2.45) is 0 Å². The lowest BCUT2D eigenvalue weighted by Gasteiger charge is -2.13. The largest absolute Gasteiger partial charge is 0.389 e. The van der Waals surface area contributed by atoms with Crippen molar-refractivity contribution < 1.29 is 35.5 Å². The Morgan fingerprint density at radius 3 is 1.87 bits per heavy atom. The van der Waals surface area contributed by atoms with Gasteiger partial charge in [0.25, 0.3) is 0 Å². The maximum absolute atomic E-state index is 12.2. The van der Waals surface area contributed by atoms with Crippen LogP contribution in [0.1, 0.15) is 19.3 Å². The summed E-state index contributed by atoms with van der Waals surface area (Å²) in [5, 5.41) is 0. The predicted molar refractivity (Wildman–Crippen MR) is 35.9 cm³/mol. The van der Waals surface area contributed by atoms with Gasteiger partial charge in [-0.05, 0) is 6.42 Å². The van der Waals surface area contributed by atoms with Crippen molar-refractivity contribution in [1.29, 1.82) is 0 Å². The Balaban J connectivity index is 4.06. The highest BCUT2D eigenvalue weighted by Crippen LogP contribution is 2.28. The minimum atomic E-state index is -4.86. The van der Waals surface area contributed by atoms with Crippen molar-refractivity contribution in [3.8, 4) is 0 Å². The number of halogens is 7. The van der Waals surface area contributed by atoms with Gasteiger partial charge in [0, 0.05) is 12.8 Å². The zero-order valence-corrected chi connectivity index (χ0v) is 7.25. The van der Waals surface area contributed by atoms with Gasteiger partial charge >= 0.3 is 18.5 Å². The number of hydrogen-bond donors (Lipinski definition) is 0. The fourth-order valence-electron chi connectivity index (χ4n) is 0.738. The molecule has 0 amide bonds. The summed E-state index contributed by atoms with van der Waals surface area (Å²) in [6.45, 7) is 0. The van der Waals surface area contributed by atoms with Crippen LogP contribution in [0.25, 0.3) is 0 Å². The second-order valence-corrected chi connectivity index (χ2v) is 2.82. The van der Waals surface area contributed by atoms with Gasteiger partial charge in [-0.3, -0.25) is 4.79 Å². The first-order chi connectivity index (χ1) is 6.57. The van der Waals surface area contributed by atoms with Gasteiger partial charge in [-0.15, -0.1) is 0 Å². The van der Waals surface area contributed by atoms with Gasteiger partial charge in [0.15, 0.2) is 0 Å². The summed E-state index contributed by atoms with van der Waals surface area (Å²) in [5.41, 5.74) is 0. The Hall–Kier alpha value is -0.820. The van der Waals surface area contributed by atoms with E-state index < -0.39 is 43.6 Å². The SMILES string of the molecule is O=C(CCCC(F)(F)F)C(F)(F)C(F)F. The van der Waals surface area contributed by atoms with E-state index in [2.05, 4.69) is 0 Å². The number of carbonyl (C=O) groups is 1.